The first-order valence-electron chi connectivity index (χ1n) is 2.02. The van der Waals surface area contributed by atoms with Crippen LogP contribution in [0.15, 0.2) is 0 Å². The Morgan fingerprint density at radius 1 is 1.62 bits per heavy atom. The van der Waals surface area contributed by atoms with Crippen molar-refractivity contribution in [2.24, 2.45) is 5.73 Å². The van der Waals surface area contributed by atoms with Gasteiger partial charge < -0.3 is 15.6 Å². The van der Waals surface area contributed by atoms with Crippen molar-refractivity contribution in [3.63, 3.8) is 0 Å². The summed E-state index contributed by atoms with van der Waals surface area (Å²) in [4.78, 5) is 19.7. The lowest BCUT2D eigenvalue weighted by atomic mass is 10.2. The van der Waals surface area contributed by atoms with Crippen LogP contribution in [0.2, 0.25) is 0 Å². The molecule has 0 heterocycles. The monoisotopic (exact) mass is 116 g/mol. The number of nitrogens with two attached hydrogens (primary N) is 1. The Morgan fingerprint density at radius 2 is 2.00 bits per heavy atom. The Morgan fingerprint density at radius 3 is 2.00 bits per heavy atom. The molecule has 4 heteroatoms. The highest BCUT2D eigenvalue weighted by Gasteiger charge is 2.06. The molecule has 1 atom stereocenters. The lowest BCUT2D eigenvalue weighted by Gasteiger charge is -2.05. The molecule has 0 spiro atoms. The van der Waals surface area contributed by atoms with Crippen molar-refractivity contribution in [1.82, 2.24) is 0 Å². The van der Waals surface area contributed by atoms with Crippen molar-refractivity contribution in [3.05, 3.63) is 0 Å². The van der Waals surface area contributed by atoms with E-state index >= 15 is 0 Å². The molecule has 8 heavy (non-hydrogen) atoms. The maximum atomic E-state index is 10.0. The minimum absolute atomic E-state index is 0.593. The zero-order valence-electron chi connectivity index (χ0n) is 4.38. The summed E-state index contributed by atoms with van der Waals surface area (Å²) in [6.07, 6.45) is 0. The van der Waals surface area contributed by atoms with E-state index in [0.29, 0.717) is 0 Å². The van der Waals surface area contributed by atoms with Gasteiger partial charge in [0.1, 0.15) is 6.04 Å². The van der Waals surface area contributed by atoms with Crippen LogP contribution in [-0.4, -0.2) is 17.8 Å². The Labute approximate surface area is 46.3 Å². The number of rotatable bonds is 2. The summed E-state index contributed by atoms with van der Waals surface area (Å²) in [6, 6.07) is -1.46. The topological polar surface area (TPSA) is 83.2 Å². The number of ketones is 1. The summed E-state index contributed by atoms with van der Waals surface area (Å²) in [7, 11) is 0. The second-order valence-electron chi connectivity index (χ2n) is 1.41. The predicted molar refractivity (Wildman–Crippen MR) is 23.7 cm³/mol. The zero-order chi connectivity index (χ0) is 6.73. The van der Waals surface area contributed by atoms with Crippen molar-refractivity contribution < 1.29 is 14.7 Å². The minimum Gasteiger partial charge on any atom is -0.548 e. The third-order valence-corrected chi connectivity index (χ3v) is 0.692. The molecule has 0 rings (SSSR count). The van der Waals surface area contributed by atoms with Crippen LogP contribution in [0.5, 0.6) is 0 Å². The highest BCUT2D eigenvalue weighted by Crippen LogP contribution is 1.74. The Balaban J connectivity index is 3.83. The highest BCUT2D eigenvalue weighted by atomic mass is 16.4. The first-order chi connectivity index (χ1) is 3.55. The van der Waals surface area contributed by atoms with E-state index in [9.17, 15) is 14.7 Å². The lowest BCUT2D eigenvalue weighted by Crippen LogP contribution is -2.46. The molecule has 2 N–H and O–H groups in total. The van der Waals surface area contributed by atoms with E-state index in [2.05, 4.69) is 0 Å². The van der Waals surface area contributed by atoms with Gasteiger partial charge in [0.25, 0.3) is 0 Å². The van der Waals surface area contributed by atoms with Crippen molar-refractivity contribution in [2.45, 2.75) is 13.0 Å². The van der Waals surface area contributed by atoms with Crippen LogP contribution in [0.4, 0.5) is 0 Å². The second-order valence-corrected chi connectivity index (χ2v) is 1.41. The second kappa shape index (κ2) is 2.42. The fourth-order valence-corrected chi connectivity index (χ4v) is 0.166. The van der Waals surface area contributed by atoms with Gasteiger partial charge in [-0.05, 0) is 6.92 Å². The minimum atomic E-state index is -1.53. The van der Waals surface area contributed by atoms with Crippen molar-refractivity contribution in [2.75, 3.05) is 0 Å². The van der Waals surface area contributed by atoms with Crippen molar-refractivity contribution in [3.8, 4) is 0 Å². The number of carbonyl (C=O) groups excluding carboxylic acids is 2. The maximum Gasteiger partial charge on any atom is 0.152 e. The van der Waals surface area contributed by atoms with Gasteiger partial charge in [0, 0.05) is 0 Å². The smallest absolute Gasteiger partial charge is 0.152 e. The average Bonchev–Trinajstić information content (AvgIpc) is 1.64. The van der Waals surface area contributed by atoms with E-state index in [-0.39, 0.29) is 0 Å². The summed E-state index contributed by atoms with van der Waals surface area (Å²) in [5, 5.41) is 9.68. The van der Waals surface area contributed by atoms with Gasteiger partial charge in [-0.2, -0.15) is 0 Å². The molecule has 0 amide bonds. The summed E-state index contributed by atoms with van der Waals surface area (Å²) < 4.78 is 0. The summed E-state index contributed by atoms with van der Waals surface area (Å²) in [6.45, 7) is 1.10. The molecule has 0 bridgehead atoms. The number of carboxylic acid groups (broad SMARTS) is 1. The van der Waals surface area contributed by atoms with Crippen LogP contribution in [0.3, 0.4) is 0 Å². The van der Waals surface area contributed by atoms with Gasteiger partial charge in [0.2, 0.25) is 0 Å². The quantitative estimate of drug-likeness (QED) is 0.409. The lowest BCUT2D eigenvalue weighted by molar-refractivity contribution is -0.306. The standard InChI is InChI=1S/C4H7NO3/c1-2(6)3(5)4(7)8/h3H,5H2,1H3,(H,7,8)/p-1/t3-/m0/s1. The molecule has 0 aliphatic carbocycles. The molecule has 0 aliphatic rings. The molecule has 0 radical (unpaired) electrons. The molecule has 0 aliphatic heterocycles. The van der Waals surface area contributed by atoms with Gasteiger partial charge >= 0.3 is 0 Å². The number of Topliss-reactive ketones (excluding diaryl/α,β-unsaturated/α-hetero) is 1. The summed E-state index contributed by atoms with van der Waals surface area (Å²) in [5.74, 6) is -2.12. The molecular formula is C4H6NO3-. The third kappa shape index (κ3) is 1.70. The highest BCUT2D eigenvalue weighted by molar-refractivity contribution is 5.99. The van der Waals surface area contributed by atoms with E-state index in [1.807, 2.05) is 0 Å². The summed E-state index contributed by atoms with van der Waals surface area (Å²) >= 11 is 0. The normalized spacial score (nSPS) is 12.8. The molecule has 0 saturated carbocycles. The molecule has 0 aromatic rings. The van der Waals surface area contributed by atoms with Gasteiger partial charge in [-0.25, -0.2) is 0 Å². The number of hydrogen-bond donors (Lipinski definition) is 1. The van der Waals surface area contributed by atoms with Gasteiger partial charge in [0.15, 0.2) is 5.78 Å². The molecule has 0 unspecified atom stereocenters. The summed E-state index contributed by atoms with van der Waals surface area (Å²) in [5.41, 5.74) is 4.75. The average molecular weight is 116 g/mol. The predicted octanol–water partition coefficient (Wildman–Crippen LogP) is -2.35. The molecule has 46 valence electrons. The number of carbonyl (C=O) groups is 2. The first kappa shape index (κ1) is 7.10. The third-order valence-electron chi connectivity index (χ3n) is 0.692. The molecular weight excluding hydrogens is 110 g/mol. The number of hydrogen-bond acceptors (Lipinski definition) is 4. The van der Waals surface area contributed by atoms with Crippen molar-refractivity contribution >= 4 is 11.8 Å². The van der Waals surface area contributed by atoms with Gasteiger partial charge in [-0.3, -0.25) is 4.79 Å². The van der Waals surface area contributed by atoms with E-state index in [0.717, 1.165) is 6.92 Å². The maximum absolute atomic E-state index is 10.0. The van der Waals surface area contributed by atoms with Crippen LogP contribution in [0.25, 0.3) is 0 Å². The van der Waals surface area contributed by atoms with Gasteiger partial charge in [-0.1, -0.05) is 0 Å². The van der Waals surface area contributed by atoms with Crippen molar-refractivity contribution in [1.29, 1.82) is 0 Å². The largest absolute Gasteiger partial charge is 0.548 e. The van der Waals surface area contributed by atoms with Gasteiger partial charge in [0.05, 0.1) is 5.97 Å². The fraction of sp³-hybridized carbons (Fsp3) is 0.500. The molecule has 0 fully saturated rings. The number of carboxylic acids is 1. The van der Waals surface area contributed by atoms with Crippen LogP contribution >= 0.6 is 0 Å². The van der Waals surface area contributed by atoms with E-state index in [1.165, 1.54) is 0 Å². The number of aliphatic carboxylic acids is 1. The van der Waals surface area contributed by atoms with Gasteiger partial charge in [-0.15, -0.1) is 0 Å². The Bertz CT molecular complexity index is 106. The van der Waals surface area contributed by atoms with E-state index < -0.39 is 17.8 Å². The fourth-order valence-electron chi connectivity index (χ4n) is 0.166. The van der Waals surface area contributed by atoms with E-state index in [1.54, 1.807) is 0 Å². The van der Waals surface area contributed by atoms with E-state index in [4.69, 9.17) is 5.73 Å². The SMILES string of the molecule is CC(=O)[C@H](N)C(=O)[O-]. The molecule has 0 aromatic heterocycles. The van der Waals surface area contributed by atoms with Crippen LogP contribution in [0, 0.1) is 0 Å². The van der Waals surface area contributed by atoms with Crippen LogP contribution < -0.4 is 10.8 Å². The Kier molecular flexibility index (Phi) is 2.15. The van der Waals surface area contributed by atoms with Crippen LogP contribution in [-0.2, 0) is 9.59 Å². The molecule has 4 nitrogen and oxygen atoms in total. The van der Waals surface area contributed by atoms with Crippen LogP contribution in [0.1, 0.15) is 6.92 Å². The molecule has 0 saturated heterocycles. The molecule has 0 aromatic carbocycles. The zero-order valence-corrected chi connectivity index (χ0v) is 4.38. The first-order valence-corrected chi connectivity index (χ1v) is 2.02. The Hall–Kier alpha value is -0.900.